The third-order valence-electron chi connectivity index (χ3n) is 6.73. The number of ether oxygens (including phenoxy) is 2. The Hall–Kier alpha value is -3.26. The molecule has 208 valence electrons. The maximum absolute atomic E-state index is 12.0. The van der Waals surface area contributed by atoms with Crippen molar-refractivity contribution in [3.63, 3.8) is 0 Å². The van der Waals surface area contributed by atoms with Gasteiger partial charge in [0, 0.05) is 76.6 Å². The lowest BCUT2D eigenvalue weighted by atomic mass is 10.2. The summed E-state index contributed by atoms with van der Waals surface area (Å²) >= 11 is 1.65. The van der Waals surface area contributed by atoms with Gasteiger partial charge < -0.3 is 24.2 Å². The number of carbonyl (C=O) groups is 2. The van der Waals surface area contributed by atoms with Crippen LogP contribution in [-0.4, -0.2) is 126 Å². The average molecular weight is 555 g/mol. The molecule has 2 fully saturated rings. The monoisotopic (exact) mass is 554 g/mol. The van der Waals surface area contributed by atoms with Crippen molar-refractivity contribution in [2.24, 2.45) is 0 Å². The molecule has 13 heteroatoms. The molecule has 0 N–H and O–H groups in total. The molecule has 0 spiro atoms. The number of morpholine rings is 1. The predicted molar refractivity (Wildman–Crippen MR) is 148 cm³/mol. The molecule has 0 saturated carbocycles. The van der Waals surface area contributed by atoms with Gasteiger partial charge in [0.05, 0.1) is 24.2 Å². The van der Waals surface area contributed by atoms with Gasteiger partial charge in [-0.25, -0.2) is 19.9 Å². The van der Waals surface area contributed by atoms with Gasteiger partial charge in [-0.1, -0.05) is 0 Å². The molecule has 5 rings (SSSR count). The van der Waals surface area contributed by atoms with Crippen molar-refractivity contribution in [2.45, 2.75) is 13.5 Å². The van der Waals surface area contributed by atoms with Gasteiger partial charge in [0.1, 0.15) is 17.3 Å². The van der Waals surface area contributed by atoms with Crippen LogP contribution in [0.2, 0.25) is 0 Å². The van der Waals surface area contributed by atoms with Gasteiger partial charge in [-0.15, -0.1) is 11.3 Å². The van der Waals surface area contributed by atoms with Crippen LogP contribution in [0.25, 0.3) is 21.6 Å². The largest absolute Gasteiger partial charge is 0.462 e. The molecule has 39 heavy (non-hydrogen) atoms. The van der Waals surface area contributed by atoms with Crippen LogP contribution >= 0.6 is 11.3 Å². The third-order valence-corrected chi connectivity index (χ3v) is 7.74. The summed E-state index contributed by atoms with van der Waals surface area (Å²) in [5.74, 6) is 0.666. The van der Waals surface area contributed by atoms with E-state index in [9.17, 15) is 9.59 Å². The number of likely N-dealkylation sites (N-methyl/N-ethyl adjacent to an activating group) is 1. The fourth-order valence-corrected chi connectivity index (χ4v) is 5.62. The van der Waals surface area contributed by atoms with E-state index in [4.69, 9.17) is 19.4 Å². The zero-order chi connectivity index (χ0) is 27.4. The number of ketones is 1. The van der Waals surface area contributed by atoms with Crippen molar-refractivity contribution in [1.82, 2.24) is 34.6 Å². The van der Waals surface area contributed by atoms with Crippen molar-refractivity contribution >= 4 is 39.1 Å². The Labute approximate surface area is 231 Å². The number of aromatic nitrogens is 4. The van der Waals surface area contributed by atoms with Crippen LogP contribution in [0.3, 0.4) is 0 Å². The molecule has 5 heterocycles. The number of hydrogen-bond donors (Lipinski definition) is 0. The summed E-state index contributed by atoms with van der Waals surface area (Å²) in [6.45, 7) is 8.76. The molecule has 3 aromatic rings. The van der Waals surface area contributed by atoms with Gasteiger partial charge in [-0.05, 0) is 20.2 Å². The quantitative estimate of drug-likeness (QED) is 0.355. The minimum Gasteiger partial charge on any atom is -0.462 e. The Kier molecular flexibility index (Phi) is 8.60. The Bertz CT molecular complexity index is 1300. The normalized spacial score (nSPS) is 16.7. The molecule has 2 aliphatic heterocycles. The fraction of sp³-hybridized carbons (Fsp3) is 0.538. The van der Waals surface area contributed by atoms with Crippen LogP contribution in [0.5, 0.6) is 6.01 Å². The number of piperazine rings is 1. The molecule has 12 nitrogen and oxygen atoms in total. The molecule has 2 saturated heterocycles. The minimum absolute atomic E-state index is 0.332. The second-order valence-corrected chi connectivity index (χ2v) is 11.0. The molecule has 1 amide bonds. The first-order chi connectivity index (χ1) is 18.9. The highest BCUT2D eigenvalue weighted by Crippen LogP contribution is 2.34. The molecule has 0 aliphatic carbocycles. The molecule has 3 aromatic heterocycles. The highest BCUT2D eigenvalue weighted by molar-refractivity contribution is 7.18. The lowest BCUT2D eigenvalue weighted by molar-refractivity contribution is -0.144. The van der Waals surface area contributed by atoms with Gasteiger partial charge in [0.25, 0.3) is 5.91 Å². The second kappa shape index (κ2) is 12.3. The summed E-state index contributed by atoms with van der Waals surface area (Å²) < 4.78 is 11.2. The maximum atomic E-state index is 12.0. The molecule has 0 bridgehead atoms. The first-order valence-electron chi connectivity index (χ1n) is 13.1. The molecular formula is C26H34N8O4S. The lowest BCUT2D eigenvalue weighted by Gasteiger charge is -2.33. The summed E-state index contributed by atoms with van der Waals surface area (Å²) in [5, 5.41) is 1.02. The van der Waals surface area contributed by atoms with Crippen LogP contribution < -0.4 is 9.64 Å². The summed E-state index contributed by atoms with van der Waals surface area (Å²) in [5.41, 5.74) is 0.729. The van der Waals surface area contributed by atoms with E-state index in [0.717, 1.165) is 60.9 Å². The molecular weight excluding hydrogens is 520 g/mol. The Morgan fingerprint density at radius 2 is 1.77 bits per heavy atom. The standard InChI is InChI=1S/C26H34N8O4S/c1-18(35)25(36)34-6-4-32(5-7-34)17-20-14-21-23(33-9-11-37-12-10-33)29-22(30-24(21)39-20)19-15-27-26(28-16-19)38-13-8-31(2)3/h14-16H,4-13,17H2,1-3H3. The number of anilines is 1. The maximum Gasteiger partial charge on any atom is 0.316 e. The Balaban J connectivity index is 1.36. The van der Waals surface area contributed by atoms with Gasteiger partial charge in [-0.2, -0.15) is 0 Å². The third kappa shape index (κ3) is 6.67. The summed E-state index contributed by atoms with van der Waals surface area (Å²) in [7, 11) is 3.98. The van der Waals surface area contributed by atoms with Gasteiger partial charge in [0.2, 0.25) is 5.78 Å². The summed E-state index contributed by atoms with van der Waals surface area (Å²) in [6, 6.07) is 2.51. The van der Waals surface area contributed by atoms with E-state index in [1.54, 1.807) is 28.6 Å². The number of fused-ring (bicyclic) bond motifs is 1. The zero-order valence-electron chi connectivity index (χ0n) is 22.6. The van der Waals surface area contributed by atoms with Gasteiger partial charge in [-0.3, -0.25) is 14.5 Å². The van der Waals surface area contributed by atoms with E-state index in [0.29, 0.717) is 44.7 Å². The fourth-order valence-electron chi connectivity index (χ4n) is 4.56. The van der Waals surface area contributed by atoms with Crippen LogP contribution in [0.1, 0.15) is 11.8 Å². The van der Waals surface area contributed by atoms with E-state index < -0.39 is 11.7 Å². The van der Waals surface area contributed by atoms with Crippen molar-refractivity contribution in [1.29, 1.82) is 0 Å². The van der Waals surface area contributed by atoms with E-state index in [1.165, 1.54) is 11.8 Å². The van der Waals surface area contributed by atoms with Crippen LogP contribution in [0.15, 0.2) is 18.5 Å². The molecule has 0 radical (unpaired) electrons. The zero-order valence-corrected chi connectivity index (χ0v) is 23.4. The van der Waals surface area contributed by atoms with Crippen LogP contribution in [-0.2, 0) is 20.9 Å². The number of Topliss-reactive ketones (excluding diaryl/α,β-unsaturated/α-hetero) is 1. The average Bonchev–Trinajstić information content (AvgIpc) is 3.35. The van der Waals surface area contributed by atoms with Crippen molar-refractivity contribution in [2.75, 3.05) is 84.6 Å². The van der Waals surface area contributed by atoms with Gasteiger partial charge in [0.15, 0.2) is 5.82 Å². The van der Waals surface area contributed by atoms with Crippen molar-refractivity contribution in [3.05, 3.63) is 23.3 Å². The van der Waals surface area contributed by atoms with Crippen molar-refractivity contribution < 1.29 is 19.1 Å². The lowest BCUT2D eigenvalue weighted by Crippen LogP contribution is -2.49. The first-order valence-corrected chi connectivity index (χ1v) is 13.9. The number of nitrogens with zero attached hydrogens (tertiary/aromatic N) is 8. The van der Waals surface area contributed by atoms with Crippen molar-refractivity contribution in [3.8, 4) is 17.4 Å². The van der Waals surface area contributed by atoms with Gasteiger partial charge >= 0.3 is 6.01 Å². The number of thiophene rings is 1. The van der Waals surface area contributed by atoms with E-state index >= 15 is 0 Å². The summed E-state index contributed by atoms with van der Waals surface area (Å²) in [4.78, 5) is 52.4. The van der Waals surface area contributed by atoms with E-state index in [1.807, 2.05) is 19.0 Å². The Morgan fingerprint density at radius 3 is 2.44 bits per heavy atom. The first kappa shape index (κ1) is 27.3. The highest BCUT2D eigenvalue weighted by Gasteiger charge is 2.25. The number of hydrogen-bond acceptors (Lipinski definition) is 12. The number of carbonyl (C=O) groups excluding carboxylic acids is 2. The predicted octanol–water partition coefficient (Wildman–Crippen LogP) is 1.16. The molecule has 0 unspecified atom stereocenters. The van der Waals surface area contributed by atoms with E-state index in [2.05, 4.69) is 25.8 Å². The second-order valence-electron chi connectivity index (χ2n) is 9.93. The Morgan fingerprint density at radius 1 is 1.05 bits per heavy atom. The topological polar surface area (TPSA) is 117 Å². The van der Waals surface area contributed by atoms with Crippen LogP contribution in [0, 0.1) is 0 Å². The smallest absolute Gasteiger partial charge is 0.316 e. The minimum atomic E-state index is -0.408. The SMILES string of the molecule is CC(=O)C(=O)N1CCN(Cc2cc3c(N4CCOCC4)nc(-c4cnc(OCCN(C)C)nc4)nc3s2)CC1. The molecule has 0 aromatic carbocycles. The highest BCUT2D eigenvalue weighted by atomic mass is 32.1. The molecule has 0 atom stereocenters. The van der Waals surface area contributed by atoms with E-state index in [-0.39, 0.29) is 0 Å². The number of rotatable bonds is 9. The van der Waals surface area contributed by atoms with Crippen LogP contribution in [0.4, 0.5) is 5.82 Å². The summed E-state index contributed by atoms with van der Waals surface area (Å²) in [6.07, 6.45) is 3.41. The number of amides is 1. The molecule has 2 aliphatic rings.